The zero-order chi connectivity index (χ0) is 10.1. The average Bonchev–Trinajstić information content (AvgIpc) is 2.48. The fraction of sp³-hybridized carbons (Fsp3) is 0.300. The highest BCUT2D eigenvalue weighted by Gasteiger charge is 2.23. The predicted molar refractivity (Wildman–Crippen MR) is 66.2 cm³/mol. The van der Waals surface area contributed by atoms with E-state index in [2.05, 4.69) is 51.8 Å². The lowest BCUT2D eigenvalue weighted by Crippen LogP contribution is -2.32. The van der Waals surface area contributed by atoms with Gasteiger partial charge in [-0.15, -0.1) is 0 Å². The Morgan fingerprint density at radius 1 is 1.57 bits per heavy atom. The van der Waals surface area contributed by atoms with Gasteiger partial charge in [0.2, 0.25) is 0 Å². The first-order valence-corrected chi connectivity index (χ1v) is 5.54. The number of hydrogen-bond donors (Lipinski definition) is 1. The zero-order valence-electron chi connectivity index (χ0n) is 7.94. The van der Waals surface area contributed by atoms with Crippen molar-refractivity contribution in [1.29, 1.82) is 0 Å². The molecule has 1 atom stereocenters. The molecule has 0 aromatic heterocycles. The Morgan fingerprint density at radius 3 is 2.93 bits per heavy atom. The zero-order valence-corrected chi connectivity index (χ0v) is 10.1. The van der Waals surface area contributed by atoms with Crippen molar-refractivity contribution in [3.63, 3.8) is 0 Å². The Morgan fingerprint density at radius 2 is 2.36 bits per heavy atom. The molecule has 0 saturated carbocycles. The van der Waals surface area contributed by atoms with E-state index in [-0.39, 0.29) is 0 Å². The molecule has 74 valence electrons. The molecule has 1 heterocycles. The first-order valence-electron chi connectivity index (χ1n) is 4.46. The van der Waals surface area contributed by atoms with Gasteiger partial charge in [0.15, 0.2) is 5.96 Å². The monoisotopic (exact) mass is 301 g/mol. The van der Waals surface area contributed by atoms with E-state index in [0.29, 0.717) is 12.0 Å². The van der Waals surface area contributed by atoms with E-state index in [4.69, 9.17) is 5.73 Å². The topological polar surface area (TPSA) is 41.6 Å². The first-order chi connectivity index (χ1) is 6.68. The third-order valence-corrected chi connectivity index (χ3v) is 3.16. The van der Waals surface area contributed by atoms with Crippen LogP contribution in [0.15, 0.2) is 29.3 Å². The van der Waals surface area contributed by atoms with Crippen LogP contribution in [-0.4, -0.2) is 24.5 Å². The van der Waals surface area contributed by atoms with E-state index >= 15 is 0 Å². The van der Waals surface area contributed by atoms with Crippen LogP contribution in [-0.2, 0) is 0 Å². The molecule has 3 nitrogen and oxygen atoms in total. The summed E-state index contributed by atoms with van der Waals surface area (Å²) in [6, 6.07) is 8.76. The maximum atomic E-state index is 5.72. The number of benzene rings is 1. The molecule has 0 fully saturated rings. The minimum Gasteiger partial charge on any atom is -0.370 e. The molecule has 0 amide bonds. The highest BCUT2D eigenvalue weighted by molar-refractivity contribution is 14.1. The number of likely N-dealkylation sites (N-methyl/N-ethyl adjacent to an activating group) is 1. The van der Waals surface area contributed by atoms with Gasteiger partial charge in [0.25, 0.3) is 0 Å². The standard InChI is InChI=1S/C10H12IN3/c1-14-9(6-13-10(14)12)7-3-2-4-8(11)5-7/h2-5,9H,6H2,1H3,(H2,12,13). The molecular weight excluding hydrogens is 289 g/mol. The molecule has 14 heavy (non-hydrogen) atoms. The van der Waals surface area contributed by atoms with E-state index in [1.165, 1.54) is 9.13 Å². The highest BCUT2D eigenvalue weighted by Crippen LogP contribution is 2.24. The Balaban J connectivity index is 2.26. The molecular formula is C10H12IN3. The lowest BCUT2D eigenvalue weighted by molar-refractivity contribution is 0.414. The van der Waals surface area contributed by atoms with Gasteiger partial charge in [0.1, 0.15) is 0 Å². The second-order valence-corrected chi connectivity index (χ2v) is 4.63. The summed E-state index contributed by atoms with van der Waals surface area (Å²) >= 11 is 2.32. The van der Waals surface area contributed by atoms with Gasteiger partial charge < -0.3 is 10.6 Å². The first kappa shape index (κ1) is 9.76. The van der Waals surface area contributed by atoms with Crippen LogP contribution < -0.4 is 5.73 Å². The summed E-state index contributed by atoms with van der Waals surface area (Å²) in [4.78, 5) is 6.24. The molecule has 1 aromatic rings. The molecule has 1 aromatic carbocycles. The number of nitrogens with zero attached hydrogens (tertiary/aromatic N) is 2. The van der Waals surface area contributed by atoms with Gasteiger partial charge >= 0.3 is 0 Å². The van der Waals surface area contributed by atoms with Crippen LogP contribution in [0, 0.1) is 3.57 Å². The van der Waals surface area contributed by atoms with Gasteiger partial charge in [-0.25, -0.2) is 0 Å². The van der Waals surface area contributed by atoms with E-state index in [9.17, 15) is 0 Å². The van der Waals surface area contributed by atoms with Crippen LogP contribution in [0.3, 0.4) is 0 Å². The van der Waals surface area contributed by atoms with Gasteiger partial charge in [-0.3, -0.25) is 4.99 Å². The molecule has 0 spiro atoms. The lowest BCUT2D eigenvalue weighted by atomic mass is 10.1. The second-order valence-electron chi connectivity index (χ2n) is 3.38. The number of aliphatic imine (C=N–C) groups is 1. The highest BCUT2D eigenvalue weighted by atomic mass is 127. The van der Waals surface area contributed by atoms with Crippen LogP contribution in [0.25, 0.3) is 0 Å². The van der Waals surface area contributed by atoms with Gasteiger partial charge in [-0.1, -0.05) is 12.1 Å². The van der Waals surface area contributed by atoms with Crippen molar-refractivity contribution in [2.75, 3.05) is 13.6 Å². The molecule has 0 bridgehead atoms. The van der Waals surface area contributed by atoms with Crippen molar-refractivity contribution < 1.29 is 0 Å². The van der Waals surface area contributed by atoms with Crippen molar-refractivity contribution in [2.24, 2.45) is 10.7 Å². The molecule has 4 heteroatoms. The maximum Gasteiger partial charge on any atom is 0.191 e. The van der Waals surface area contributed by atoms with Crippen molar-refractivity contribution in [3.8, 4) is 0 Å². The SMILES string of the molecule is CN1C(N)=NCC1c1cccc(I)c1. The second kappa shape index (κ2) is 3.76. The lowest BCUT2D eigenvalue weighted by Gasteiger charge is -2.21. The van der Waals surface area contributed by atoms with Crippen LogP contribution in [0.2, 0.25) is 0 Å². The summed E-state index contributed by atoms with van der Waals surface area (Å²) in [6.07, 6.45) is 0. The molecule has 1 aliphatic heterocycles. The Kier molecular flexibility index (Phi) is 2.62. The fourth-order valence-electron chi connectivity index (χ4n) is 1.62. The molecule has 0 saturated heterocycles. The number of rotatable bonds is 1. The van der Waals surface area contributed by atoms with E-state index in [1.807, 2.05) is 11.9 Å². The smallest absolute Gasteiger partial charge is 0.191 e. The molecule has 1 aliphatic rings. The fourth-order valence-corrected chi connectivity index (χ4v) is 2.18. The maximum absolute atomic E-state index is 5.72. The number of hydrogen-bond acceptors (Lipinski definition) is 3. The minimum absolute atomic E-state index is 0.310. The van der Waals surface area contributed by atoms with Gasteiger partial charge in [0.05, 0.1) is 12.6 Å². The van der Waals surface area contributed by atoms with Gasteiger partial charge in [0, 0.05) is 10.6 Å². The Bertz CT molecular complexity index is 375. The number of guanidine groups is 1. The van der Waals surface area contributed by atoms with Crippen LogP contribution in [0.4, 0.5) is 0 Å². The van der Waals surface area contributed by atoms with Crippen molar-refractivity contribution in [2.45, 2.75) is 6.04 Å². The van der Waals surface area contributed by atoms with Crippen molar-refractivity contribution in [3.05, 3.63) is 33.4 Å². The summed E-state index contributed by atoms with van der Waals surface area (Å²) < 4.78 is 1.25. The predicted octanol–water partition coefficient (Wildman–Crippen LogP) is 1.59. The largest absolute Gasteiger partial charge is 0.370 e. The van der Waals surface area contributed by atoms with E-state index in [1.54, 1.807) is 0 Å². The van der Waals surface area contributed by atoms with Crippen LogP contribution >= 0.6 is 22.6 Å². The quantitative estimate of drug-likeness (QED) is 0.800. The molecule has 1 unspecified atom stereocenters. The normalized spacial score (nSPS) is 21.1. The Labute approximate surface area is 97.1 Å². The summed E-state index contributed by atoms with van der Waals surface area (Å²) in [5, 5.41) is 0. The van der Waals surface area contributed by atoms with Gasteiger partial charge in [-0.2, -0.15) is 0 Å². The van der Waals surface area contributed by atoms with Crippen LogP contribution in [0.5, 0.6) is 0 Å². The van der Waals surface area contributed by atoms with Crippen molar-refractivity contribution >= 4 is 28.6 Å². The summed E-state index contributed by atoms with van der Waals surface area (Å²) in [6.45, 7) is 0.766. The minimum atomic E-state index is 0.310. The summed E-state index contributed by atoms with van der Waals surface area (Å²) in [7, 11) is 1.98. The van der Waals surface area contributed by atoms with E-state index < -0.39 is 0 Å². The van der Waals surface area contributed by atoms with Crippen molar-refractivity contribution in [1.82, 2.24) is 4.90 Å². The summed E-state index contributed by atoms with van der Waals surface area (Å²) in [5.41, 5.74) is 7.00. The average molecular weight is 301 g/mol. The van der Waals surface area contributed by atoms with Crippen LogP contribution in [0.1, 0.15) is 11.6 Å². The molecule has 0 radical (unpaired) electrons. The third kappa shape index (κ3) is 1.70. The van der Waals surface area contributed by atoms with Gasteiger partial charge in [-0.05, 0) is 40.3 Å². The molecule has 0 aliphatic carbocycles. The summed E-state index contributed by atoms with van der Waals surface area (Å²) in [5.74, 6) is 0.633. The third-order valence-electron chi connectivity index (χ3n) is 2.49. The Hall–Kier alpha value is -0.780. The molecule has 2 rings (SSSR count). The number of halogens is 1. The molecule has 2 N–H and O–H groups in total. The number of nitrogens with two attached hydrogens (primary N) is 1. The van der Waals surface area contributed by atoms with E-state index in [0.717, 1.165) is 6.54 Å².